The van der Waals surface area contributed by atoms with Crippen molar-refractivity contribution in [2.75, 3.05) is 12.4 Å². The normalized spacial score (nSPS) is 10.4. The molecule has 0 saturated carbocycles. The van der Waals surface area contributed by atoms with Crippen LogP contribution in [0.4, 0.5) is 10.1 Å². The van der Waals surface area contributed by atoms with Crippen LogP contribution in [-0.2, 0) is 11.3 Å². The number of H-pyrrole nitrogens is 1. The van der Waals surface area contributed by atoms with Gasteiger partial charge in [-0.3, -0.25) is 5.10 Å². The van der Waals surface area contributed by atoms with Crippen LogP contribution in [0.2, 0.25) is 0 Å². The Morgan fingerprint density at radius 3 is 2.80 bits per heavy atom. The molecular formula is C14H16FN3O2. The topological polar surface area (TPSA) is 67.0 Å². The molecule has 0 atom stereocenters. The van der Waals surface area contributed by atoms with Crippen molar-refractivity contribution < 1.29 is 13.9 Å². The fraction of sp³-hybridized carbons (Fsp3) is 0.286. The van der Waals surface area contributed by atoms with Gasteiger partial charge in [0, 0.05) is 23.5 Å². The van der Waals surface area contributed by atoms with Crippen LogP contribution >= 0.6 is 0 Å². The zero-order valence-electron chi connectivity index (χ0n) is 11.6. The van der Waals surface area contributed by atoms with Gasteiger partial charge < -0.3 is 10.1 Å². The second-order valence-electron chi connectivity index (χ2n) is 4.45. The molecule has 0 aliphatic carbocycles. The number of halogens is 1. The van der Waals surface area contributed by atoms with E-state index < -0.39 is 11.8 Å². The highest BCUT2D eigenvalue weighted by atomic mass is 19.1. The quantitative estimate of drug-likeness (QED) is 0.843. The second kappa shape index (κ2) is 5.73. The Balaban J connectivity index is 2.16. The first-order chi connectivity index (χ1) is 9.52. The van der Waals surface area contributed by atoms with Crippen molar-refractivity contribution in [3.8, 4) is 0 Å². The van der Waals surface area contributed by atoms with E-state index in [2.05, 4.69) is 20.3 Å². The van der Waals surface area contributed by atoms with Gasteiger partial charge in [-0.1, -0.05) is 0 Å². The number of nitrogens with one attached hydrogen (secondary N) is 2. The van der Waals surface area contributed by atoms with Crippen LogP contribution in [0.1, 0.15) is 27.3 Å². The molecule has 2 rings (SSSR count). The minimum absolute atomic E-state index is 0.0851. The molecule has 6 heteroatoms. The molecular weight excluding hydrogens is 261 g/mol. The molecule has 0 spiro atoms. The molecule has 2 aromatic rings. The van der Waals surface area contributed by atoms with Gasteiger partial charge in [0.1, 0.15) is 5.82 Å². The van der Waals surface area contributed by atoms with Crippen molar-refractivity contribution in [2.45, 2.75) is 20.4 Å². The first-order valence-electron chi connectivity index (χ1n) is 6.15. The molecule has 0 aliphatic heterocycles. The third kappa shape index (κ3) is 2.79. The SMILES string of the molecule is COC(=O)c1cc(NCc2c(C)n[nH]c2C)ccc1F. The Morgan fingerprint density at radius 2 is 2.20 bits per heavy atom. The molecule has 0 fully saturated rings. The molecule has 0 unspecified atom stereocenters. The molecule has 0 saturated heterocycles. The zero-order valence-corrected chi connectivity index (χ0v) is 11.6. The fourth-order valence-electron chi connectivity index (χ4n) is 1.93. The molecule has 0 aliphatic rings. The molecule has 0 amide bonds. The average molecular weight is 277 g/mol. The summed E-state index contributed by atoms with van der Waals surface area (Å²) in [7, 11) is 1.22. The number of benzene rings is 1. The zero-order chi connectivity index (χ0) is 14.7. The largest absolute Gasteiger partial charge is 0.465 e. The predicted molar refractivity (Wildman–Crippen MR) is 73.1 cm³/mol. The van der Waals surface area contributed by atoms with E-state index in [9.17, 15) is 9.18 Å². The lowest BCUT2D eigenvalue weighted by atomic mass is 10.1. The monoisotopic (exact) mass is 277 g/mol. The number of nitrogens with zero attached hydrogens (tertiary/aromatic N) is 1. The molecule has 106 valence electrons. The summed E-state index contributed by atoms with van der Waals surface area (Å²) < 4.78 is 18.0. The van der Waals surface area contributed by atoms with Crippen molar-refractivity contribution in [3.63, 3.8) is 0 Å². The van der Waals surface area contributed by atoms with Crippen molar-refractivity contribution in [1.82, 2.24) is 10.2 Å². The van der Waals surface area contributed by atoms with E-state index in [0.717, 1.165) is 17.0 Å². The standard InChI is InChI=1S/C14H16FN3O2/c1-8-12(9(2)18-17-8)7-16-10-4-5-13(15)11(6-10)14(19)20-3/h4-6,16H,7H2,1-3H3,(H,17,18). The number of aromatic amines is 1. The predicted octanol–water partition coefficient (Wildman–Crippen LogP) is 2.56. The Bertz CT molecular complexity index is 618. The number of carbonyl (C=O) groups is 1. The molecule has 0 radical (unpaired) electrons. The fourth-order valence-corrected chi connectivity index (χ4v) is 1.93. The van der Waals surface area contributed by atoms with E-state index in [4.69, 9.17) is 0 Å². The number of esters is 1. The third-order valence-corrected chi connectivity index (χ3v) is 3.12. The number of hydrogen-bond donors (Lipinski definition) is 2. The van der Waals surface area contributed by atoms with Crippen LogP contribution in [0.5, 0.6) is 0 Å². The lowest BCUT2D eigenvalue weighted by molar-refractivity contribution is 0.0595. The van der Waals surface area contributed by atoms with Crippen molar-refractivity contribution in [2.24, 2.45) is 0 Å². The highest BCUT2D eigenvalue weighted by Gasteiger charge is 2.13. The van der Waals surface area contributed by atoms with Gasteiger partial charge in [-0.25, -0.2) is 9.18 Å². The van der Waals surface area contributed by atoms with Gasteiger partial charge in [0.15, 0.2) is 0 Å². The Morgan fingerprint density at radius 1 is 1.45 bits per heavy atom. The lowest BCUT2D eigenvalue weighted by Gasteiger charge is -2.09. The molecule has 1 heterocycles. The molecule has 0 bridgehead atoms. The van der Waals surface area contributed by atoms with Crippen molar-refractivity contribution in [3.05, 3.63) is 46.5 Å². The molecule has 2 N–H and O–H groups in total. The van der Waals surface area contributed by atoms with Gasteiger partial charge >= 0.3 is 5.97 Å². The number of anilines is 1. The summed E-state index contributed by atoms with van der Waals surface area (Å²) in [4.78, 5) is 11.4. The maximum atomic E-state index is 13.5. The first kappa shape index (κ1) is 14.0. The van der Waals surface area contributed by atoms with E-state index in [-0.39, 0.29) is 5.56 Å². The number of methoxy groups -OCH3 is 1. The number of aromatic nitrogens is 2. The lowest BCUT2D eigenvalue weighted by Crippen LogP contribution is -2.07. The number of carbonyl (C=O) groups excluding carboxylic acids is 1. The smallest absolute Gasteiger partial charge is 0.340 e. The van der Waals surface area contributed by atoms with E-state index in [1.165, 1.54) is 19.2 Å². The number of rotatable bonds is 4. The molecule has 1 aromatic carbocycles. The second-order valence-corrected chi connectivity index (χ2v) is 4.45. The minimum Gasteiger partial charge on any atom is -0.465 e. The summed E-state index contributed by atoms with van der Waals surface area (Å²) in [6, 6.07) is 4.25. The molecule has 20 heavy (non-hydrogen) atoms. The Labute approximate surface area is 116 Å². The maximum Gasteiger partial charge on any atom is 0.340 e. The van der Waals surface area contributed by atoms with Crippen LogP contribution in [0.25, 0.3) is 0 Å². The van der Waals surface area contributed by atoms with Crippen LogP contribution in [-0.4, -0.2) is 23.3 Å². The van der Waals surface area contributed by atoms with Gasteiger partial charge in [0.2, 0.25) is 0 Å². The summed E-state index contributed by atoms with van der Waals surface area (Å²) >= 11 is 0. The Kier molecular flexibility index (Phi) is 4.02. The van der Waals surface area contributed by atoms with Gasteiger partial charge in [-0.2, -0.15) is 5.10 Å². The summed E-state index contributed by atoms with van der Waals surface area (Å²) in [5.41, 5.74) is 3.49. The van der Waals surface area contributed by atoms with Crippen LogP contribution in [0.3, 0.4) is 0 Å². The number of hydrogen-bond acceptors (Lipinski definition) is 4. The van der Waals surface area contributed by atoms with Crippen LogP contribution in [0.15, 0.2) is 18.2 Å². The molecule has 1 aromatic heterocycles. The average Bonchev–Trinajstić information content (AvgIpc) is 2.76. The van der Waals surface area contributed by atoms with E-state index >= 15 is 0 Å². The summed E-state index contributed by atoms with van der Waals surface area (Å²) in [6.45, 7) is 4.38. The third-order valence-electron chi connectivity index (χ3n) is 3.12. The maximum absolute atomic E-state index is 13.5. The summed E-state index contributed by atoms with van der Waals surface area (Å²) in [5, 5.41) is 10.1. The van der Waals surface area contributed by atoms with E-state index in [0.29, 0.717) is 12.2 Å². The van der Waals surface area contributed by atoms with Crippen LogP contribution < -0.4 is 5.32 Å². The van der Waals surface area contributed by atoms with Crippen molar-refractivity contribution in [1.29, 1.82) is 0 Å². The van der Waals surface area contributed by atoms with Gasteiger partial charge in [0.05, 0.1) is 18.4 Å². The van der Waals surface area contributed by atoms with Crippen LogP contribution in [0, 0.1) is 19.7 Å². The number of aryl methyl sites for hydroxylation is 2. The summed E-state index contributed by atoms with van der Waals surface area (Å²) in [6.07, 6.45) is 0. The highest BCUT2D eigenvalue weighted by molar-refractivity contribution is 5.90. The Hall–Kier alpha value is -2.37. The molecule has 5 nitrogen and oxygen atoms in total. The summed E-state index contributed by atoms with van der Waals surface area (Å²) in [5.74, 6) is -1.29. The van der Waals surface area contributed by atoms with E-state index in [1.807, 2.05) is 13.8 Å². The highest BCUT2D eigenvalue weighted by Crippen LogP contribution is 2.18. The van der Waals surface area contributed by atoms with Crippen molar-refractivity contribution >= 4 is 11.7 Å². The van der Waals surface area contributed by atoms with Gasteiger partial charge in [-0.15, -0.1) is 0 Å². The van der Waals surface area contributed by atoms with E-state index in [1.54, 1.807) is 6.07 Å². The minimum atomic E-state index is -0.693. The van der Waals surface area contributed by atoms with Gasteiger partial charge in [0.25, 0.3) is 0 Å². The first-order valence-corrected chi connectivity index (χ1v) is 6.15. The number of ether oxygens (including phenoxy) is 1. The van der Waals surface area contributed by atoms with Gasteiger partial charge in [-0.05, 0) is 32.0 Å².